The van der Waals surface area contributed by atoms with Crippen molar-refractivity contribution in [3.63, 3.8) is 0 Å². The van der Waals surface area contributed by atoms with Crippen molar-refractivity contribution in [3.8, 4) is 0 Å². The van der Waals surface area contributed by atoms with E-state index in [1.54, 1.807) is 18.2 Å². The highest BCUT2D eigenvalue weighted by atomic mass is 79.9. The van der Waals surface area contributed by atoms with Crippen LogP contribution in [-0.2, 0) is 11.9 Å². The smallest absolute Gasteiger partial charge is 0.600 e. The second-order valence-electron chi connectivity index (χ2n) is 4.51. The first kappa shape index (κ1) is 16.5. The van der Waals surface area contributed by atoms with E-state index in [0.29, 0.717) is 16.0 Å². The van der Waals surface area contributed by atoms with Crippen LogP contribution in [0.5, 0.6) is 0 Å². The number of unbranched alkanes of at least 4 members (excludes halogenated alkanes) is 1. The van der Waals surface area contributed by atoms with Crippen molar-refractivity contribution in [3.05, 3.63) is 34.7 Å². The minimum absolute atomic E-state index is 0. The molecule has 0 saturated carbocycles. The Morgan fingerprint density at radius 3 is 2.42 bits per heavy atom. The number of rotatable bonds is 3. The molecule has 0 saturated heterocycles. The Kier molecular flexibility index (Phi) is 5.44. The lowest BCUT2D eigenvalue weighted by atomic mass is 10.1. The average Bonchev–Trinajstić information content (AvgIpc) is 2.63. The molecule has 0 aliphatic heterocycles. The molecule has 0 fully saturated rings. The first-order valence-corrected chi connectivity index (χ1v) is 7.28. The number of hydrogen-bond donors (Lipinski definition) is 0. The number of hydrogen-bond acceptors (Lipinski definition) is 0. The quantitative estimate of drug-likeness (QED) is 0.745. The summed E-state index contributed by atoms with van der Waals surface area (Å²) < 4.78 is 40.1. The van der Waals surface area contributed by atoms with Crippen LogP contribution in [0.4, 0.5) is 13.2 Å². The molecule has 5 heteroatoms. The summed E-state index contributed by atoms with van der Waals surface area (Å²) in [5.74, 6) is 0. The summed E-state index contributed by atoms with van der Waals surface area (Å²) in [5, 5.41) is 0.743. The van der Waals surface area contributed by atoms with Crippen molar-refractivity contribution in [2.24, 2.45) is 0 Å². The van der Waals surface area contributed by atoms with E-state index in [9.17, 15) is 13.2 Å². The van der Waals surface area contributed by atoms with Gasteiger partial charge in [0.2, 0.25) is 0 Å². The highest BCUT2D eigenvalue weighted by Crippen LogP contribution is 2.51. The van der Waals surface area contributed by atoms with Crippen LogP contribution in [0.25, 0.3) is 10.1 Å². The third-order valence-corrected chi connectivity index (χ3v) is 5.08. The monoisotopic (exact) mass is 352 g/mol. The largest absolute Gasteiger partial charge is 1.00 e. The Bertz CT molecular complexity index is 558. The van der Waals surface area contributed by atoms with Gasteiger partial charge in [0.05, 0.1) is 10.5 Å². The van der Waals surface area contributed by atoms with E-state index in [2.05, 4.69) is 0 Å². The Morgan fingerprint density at radius 1 is 1.16 bits per heavy atom. The van der Waals surface area contributed by atoms with Gasteiger partial charge in [-0.05, 0) is 25.0 Å². The lowest BCUT2D eigenvalue weighted by Gasteiger charge is -2.00. The standard InChI is InChI=1S/C14H16F3S.BrH/c1-3-4-5-12-9-11-7-6-10(2)8-13(11)18(12)14(15,16)17;/h6-9H,3-5H2,1-2H3;1H/q+1;/p-1. The highest BCUT2D eigenvalue weighted by molar-refractivity contribution is 7.38. The Morgan fingerprint density at radius 2 is 1.84 bits per heavy atom. The van der Waals surface area contributed by atoms with Crippen LogP contribution in [0.2, 0.25) is 0 Å². The second kappa shape index (κ2) is 6.27. The fraction of sp³-hybridized carbons (Fsp3) is 0.429. The Hall–Kier alpha value is -0.550. The molecule has 1 aromatic heterocycles. The van der Waals surface area contributed by atoms with Crippen LogP contribution in [-0.4, -0.2) is 0 Å². The van der Waals surface area contributed by atoms with E-state index >= 15 is 0 Å². The number of aryl methyl sites for hydroxylation is 2. The van der Waals surface area contributed by atoms with Gasteiger partial charge in [0.1, 0.15) is 0 Å². The summed E-state index contributed by atoms with van der Waals surface area (Å²) in [6, 6.07) is 7.09. The van der Waals surface area contributed by atoms with Gasteiger partial charge in [0.15, 0.2) is 9.58 Å². The summed E-state index contributed by atoms with van der Waals surface area (Å²) in [6.07, 6.45) is 2.28. The van der Waals surface area contributed by atoms with Crippen LogP contribution in [0.1, 0.15) is 30.2 Å². The maximum atomic E-state index is 13.2. The molecule has 0 amide bonds. The third-order valence-electron chi connectivity index (χ3n) is 2.98. The van der Waals surface area contributed by atoms with Gasteiger partial charge >= 0.3 is 5.51 Å². The first-order chi connectivity index (χ1) is 8.43. The normalized spacial score (nSPS) is 12.6. The van der Waals surface area contributed by atoms with Crippen LogP contribution in [0, 0.1) is 6.92 Å². The van der Waals surface area contributed by atoms with E-state index in [0.717, 1.165) is 23.8 Å². The molecule has 1 atom stereocenters. The topological polar surface area (TPSA) is 0 Å². The van der Waals surface area contributed by atoms with E-state index in [-0.39, 0.29) is 17.0 Å². The van der Waals surface area contributed by atoms with E-state index in [1.165, 1.54) is 0 Å². The zero-order chi connectivity index (χ0) is 13.3. The van der Waals surface area contributed by atoms with Crippen LogP contribution in [0.3, 0.4) is 0 Å². The van der Waals surface area contributed by atoms with Gasteiger partial charge in [-0.15, -0.1) is 13.2 Å². The average molecular weight is 353 g/mol. The molecule has 0 aliphatic carbocycles. The molecular formula is C14H16BrF3S. The number of thiophene rings is 1. The lowest BCUT2D eigenvalue weighted by molar-refractivity contribution is -0.0867. The number of halogens is 4. The maximum absolute atomic E-state index is 13.2. The van der Waals surface area contributed by atoms with Crippen LogP contribution >= 0.6 is 10.5 Å². The van der Waals surface area contributed by atoms with E-state index in [1.807, 2.05) is 19.9 Å². The van der Waals surface area contributed by atoms with Crippen LogP contribution < -0.4 is 17.0 Å². The summed E-state index contributed by atoms with van der Waals surface area (Å²) in [4.78, 5) is 0.546. The SMILES string of the molecule is CCCCc1cc2ccc(C)cc2[s+]1C(F)(F)F.[Br-]. The molecule has 0 radical (unpaired) electrons. The van der Waals surface area contributed by atoms with Gasteiger partial charge in [-0.25, -0.2) is 0 Å². The predicted octanol–water partition coefficient (Wildman–Crippen LogP) is 2.72. The predicted molar refractivity (Wildman–Crippen MR) is 71.1 cm³/mol. The van der Waals surface area contributed by atoms with Gasteiger partial charge in [-0.2, -0.15) is 0 Å². The summed E-state index contributed by atoms with van der Waals surface area (Å²) in [7, 11) is -1.71. The van der Waals surface area contributed by atoms with Gasteiger partial charge in [0, 0.05) is 23.9 Å². The number of alkyl halides is 3. The fourth-order valence-electron chi connectivity index (χ4n) is 2.11. The molecule has 0 nitrogen and oxygen atoms in total. The molecule has 1 heterocycles. The molecule has 0 spiro atoms. The molecule has 106 valence electrons. The molecule has 0 aliphatic rings. The molecule has 1 unspecified atom stereocenters. The van der Waals surface area contributed by atoms with Crippen molar-refractivity contribution < 1.29 is 30.2 Å². The second-order valence-corrected chi connectivity index (χ2v) is 6.55. The van der Waals surface area contributed by atoms with E-state index < -0.39 is 16.0 Å². The zero-order valence-corrected chi connectivity index (χ0v) is 13.3. The minimum atomic E-state index is -4.15. The molecule has 0 N–H and O–H groups in total. The van der Waals surface area contributed by atoms with Gasteiger partial charge in [-0.1, -0.05) is 19.4 Å². The van der Waals surface area contributed by atoms with Gasteiger partial charge in [-0.3, -0.25) is 0 Å². The Balaban J connectivity index is 0.00000180. The first-order valence-electron chi connectivity index (χ1n) is 6.06. The fourth-order valence-corrected chi connectivity index (χ4v) is 4.20. The van der Waals surface area contributed by atoms with Crippen molar-refractivity contribution >= 4 is 20.6 Å². The van der Waals surface area contributed by atoms with E-state index in [4.69, 9.17) is 0 Å². The Labute approximate surface area is 124 Å². The van der Waals surface area contributed by atoms with Crippen molar-refractivity contribution in [2.75, 3.05) is 0 Å². The molecule has 2 aromatic rings. The highest BCUT2D eigenvalue weighted by Gasteiger charge is 2.47. The molecule has 0 bridgehead atoms. The molecule has 19 heavy (non-hydrogen) atoms. The summed E-state index contributed by atoms with van der Waals surface area (Å²) in [6.45, 7) is 3.83. The molecule has 2 rings (SSSR count). The maximum Gasteiger partial charge on any atom is 0.600 e. The molecular weight excluding hydrogens is 337 g/mol. The van der Waals surface area contributed by atoms with Crippen molar-refractivity contribution in [2.45, 2.75) is 38.6 Å². The third kappa shape index (κ3) is 3.51. The van der Waals surface area contributed by atoms with Crippen molar-refractivity contribution in [1.82, 2.24) is 0 Å². The minimum Gasteiger partial charge on any atom is -1.00 e. The van der Waals surface area contributed by atoms with Gasteiger partial charge < -0.3 is 17.0 Å². The van der Waals surface area contributed by atoms with Gasteiger partial charge in [0.25, 0.3) is 0 Å². The zero-order valence-electron chi connectivity index (χ0n) is 10.9. The summed E-state index contributed by atoms with van der Waals surface area (Å²) in [5.41, 5.74) is -3.26. The van der Waals surface area contributed by atoms with Crippen molar-refractivity contribution in [1.29, 1.82) is 0 Å². The number of benzene rings is 1. The molecule has 1 aromatic carbocycles. The lowest BCUT2D eigenvalue weighted by Crippen LogP contribution is -3.00. The van der Waals surface area contributed by atoms with Crippen LogP contribution in [0.15, 0.2) is 24.3 Å². The number of fused-ring (bicyclic) bond motifs is 1. The summed E-state index contributed by atoms with van der Waals surface area (Å²) >= 11 is 0.